The first-order chi connectivity index (χ1) is 5.33. The third kappa shape index (κ3) is 3.18. The summed E-state index contributed by atoms with van der Waals surface area (Å²) < 4.78 is 0. The fraction of sp³-hybridized carbons (Fsp3) is 1.00. The average Bonchev–Trinajstić information content (AvgIpc) is 2.40. The van der Waals surface area contributed by atoms with Crippen LogP contribution in [0.1, 0.15) is 12.8 Å². The summed E-state index contributed by atoms with van der Waals surface area (Å²) in [4.78, 5) is 2.32. The van der Waals surface area contributed by atoms with Crippen molar-refractivity contribution in [2.75, 3.05) is 33.2 Å². The number of nitrogens with zero attached hydrogens (tertiary/aromatic N) is 1. The van der Waals surface area contributed by atoms with Gasteiger partial charge in [0.25, 0.3) is 0 Å². The lowest BCUT2D eigenvalue weighted by Crippen LogP contribution is -2.35. The number of β-amino-alcohol motifs (C(OH)–C–C–N with tert-alkyl or cyclic N) is 1. The van der Waals surface area contributed by atoms with Crippen molar-refractivity contribution in [3.05, 3.63) is 0 Å². The summed E-state index contributed by atoms with van der Waals surface area (Å²) in [6.07, 6.45) is 2.40. The van der Waals surface area contributed by atoms with Crippen molar-refractivity contribution < 1.29 is 5.11 Å². The highest BCUT2D eigenvalue weighted by molar-refractivity contribution is 4.70. The molecule has 0 bridgehead atoms. The Morgan fingerprint density at radius 3 is 2.64 bits per heavy atom. The highest BCUT2D eigenvalue weighted by atomic mass is 16.3. The molecule has 3 heteroatoms. The molecule has 1 rings (SSSR count). The molecule has 1 atom stereocenters. The molecule has 3 nitrogen and oxygen atoms in total. The van der Waals surface area contributed by atoms with Gasteiger partial charge in [-0.2, -0.15) is 0 Å². The fourth-order valence-corrected chi connectivity index (χ4v) is 1.56. The molecule has 0 spiro atoms. The summed E-state index contributed by atoms with van der Waals surface area (Å²) >= 11 is 0. The van der Waals surface area contributed by atoms with Crippen molar-refractivity contribution in [1.82, 2.24) is 10.2 Å². The number of hydrogen-bond acceptors (Lipinski definition) is 3. The molecule has 1 heterocycles. The minimum absolute atomic E-state index is 0.196. The maximum atomic E-state index is 9.41. The summed E-state index contributed by atoms with van der Waals surface area (Å²) in [5.41, 5.74) is 0. The molecular formula is C8H18N2O. The first kappa shape index (κ1) is 8.97. The molecule has 1 aliphatic heterocycles. The first-order valence-electron chi connectivity index (χ1n) is 4.38. The van der Waals surface area contributed by atoms with Crippen LogP contribution in [0.3, 0.4) is 0 Å². The summed E-state index contributed by atoms with van der Waals surface area (Å²) in [5, 5.41) is 12.4. The number of rotatable bonds is 4. The van der Waals surface area contributed by atoms with E-state index in [4.69, 9.17) is 0 Å². The van der Waals surface area contributed by atoms with Crippen molar-refractivity contribution in [2.24, 2.45) is 0 Å². The van der Waals surface area contributed by atoms with Gasteiger partial charge in [-0.15, -0.1) is 0 Å². The van der Waals surface area contributed by atoms with Gasteiger partial charge in [-0.25, -0.2) is 0 Å². The van der Waals surface area contributed by atoms with Crippen molar-refractivity contribution in [3.63, 3.8) is 0 Å². The van der Waals surface area contributed by atoms with Crippen molar-refractivity contribution in [3.8, 4) is 0 Å². The lowest BCUT2D eigenvalue weighted by atomic mass is 10.3. The zero-order valence-electron chi connectivity index (χ0n) is 7.21. The Hall–Kier alpha value is -0.120. The number of likely N-dealkylation sites (tertiary alicyclic amines) is 1. The third-order valence-corrected chi connectivity index (χ3v) is 2.11. The van der Waals surface area contributed by atoms with Gasteiger partial charge in [0.2, 0.25) is 0 Å². The molecule has 0 aromatic rings. The van der Waals surface area contributed by atoms with Crippen LogP contribution in [0.25, 0.3) is 0 Å². The van der Waals surface area contributed by atoms with Crippen LogP contribution < -0.4 is 5.32 Å². The molecule has 1 saturated heterocycles. The number of hydrogen-bond donors (Lipinski definition) is 2. The Kier molecular flexibility index (Phi) is 3.83. The largest absolute Gasteiger partial charge is 0.390 e. The minimum atomic E-state index is -0.196. The van der Waals surface area contributed by atoms with Crippen LogP contribution >= 0.6 is 0 Å². The van der Waals surface area contributed by atoms with Crippen LogP contribution in [0.4, 0.5) is 0 Å². The summed E-state index contributed by atoms with van der Waals surface area (Å²) in [6, 6.07) is 0. The molecule has 0 radical (unpaired) electrons. The Bertz CT molecular complexity index is 102. The van der Waals surface area contributed by atoms with Gasteiger partial charge in [0.15, 0.2) is 0 Å². The second kappa shape index (κ2) is 4.70. The van der Waals surface area contributed by atoms with Gasteiger partial charge in [0.1, 0.15) is 0 Å². The standard InChI is InChI=1S/C8H18N2O/c1-9-6-8(11)7-10-4-2-3-5-10/h8-9,11H,2-7H2,1H3/t8-/m0/s1. The highest BCUT2D eigenvalue weighted by Crippen LogP contribution is 2.06. The Labute approximate surface area is 68.4 Å². The van der Waals surface area contributed by atoms with E-state index < -0.39 is 0 Å². The van der Waals surface area contributed by atoms with Gasteiger partial charge >= 0.3 is 0 Å². The summed E-state index contributed by atoms with van der Waals surface area (Å²) in [5.74, 6) is 0. The molecule has 0 saturated carbocycles. The van der Waals surface area contributed by atoms with Crippen molar-refractivity contribution in [1.29, 1.82) is 0 Å². The summed E-state index contributed by atoms with van der Waals surface area (Å²) in [6.45, 7) is 3.87. The number of aliphatic hydroxyl groups excluding tert-OH is 1. The fourth-order valence-electron chi connectivity index (χ4n) is 1.56. The maximum Gasteiger partial charge on any atom is 0.0791 e. The van der Waals surface area contributed by atoms with E-state index in [1.807, 2.05) is 7.05 Å². The molecule has 1 aliphatic rings. The third-order valence-electron chi connectivity index (χ3n) is 2.11. The van der Waals surface area contributed by atoms with Gasteiger partial charge in [-0.1, -0.05) is 0 Å². The van der Waals surface area contributed by atoms with E-state index in [0.717, 1.165) is 6.54 Å². The minimum Gasteiger partial charge on any atom is -0.390 e. The van der Waals surface area contributed by atoms with E-state index in [9.17, 15) is 5.11 Å². The number of aliphatic hydroxyl groups is 1. The zero-order valence-corrected chi connectivity index (χ0v) is 7.21. The Morgan fingerprint density at radius 1 is 1.45 bits per heavy atom. The van der Waals surface area contributed by atoms with Gasteiger partial charge in [-0.3, -0.25) is 0 Å². The Morgan fingerprint density at radius 2 is 2.09 bits per heavy atom. The molecule has 2 N–H and O–H groups in total. The maximum absolute atomic E-state index is 9.41. The van der Waals surface area contributed by atoms with Crippen molar-refractivity contribution >= 4 is 0 Å². The van der Waals surface area contributed by atoms with E-state index in [-0.39, 0.29) is 6.10 Å². The van der Waals surface area contributed by atoms with E-state index >= 15 is 0 Å². The lowest BCUT2D eigenvalue weighted by molar-refractivity contribution is 0.125. The first-order valence-corrected chi connectivity index (χ1v) is 4.38. The van der Waals surface area contributed by atoms with Gasteiger partial charge < -0.3 is 15.3 Å². The molecule has 0 unspecified atom stereocenters. The van der Waals surface area contributed by atoms with Crippen LogP contribution in [0, 0.1) is 0 Å². The van der Waals surface area contributed by atoms with Crippen LogP contribution in [-0.4, -0.2) is 49.3 Å². The zero-order chi connectivity index (χ0) is 8.10. The van der Waals surface area contributed by atoms with Crippen LogP contribution in [-0.2, 0) is 0 Å². The van der Waals surface area contributed by atoms with E-state index in [0.29, 0.717) is 6.54 Å². The van der Waals surface area contributed by atoms with Crippen LogP contribution in [0.15, 0.2) is 0 Å². The molecule has 1 fully saturated rings. The van der Waals surface area contributed by atoms with E-state index in [2.05, 4.69) is 10.2 Å². The summed E-state index contributed by atoms with van der Waals surface area (Å²) in [7, 11) is 1.87. The molecule has 66 valence electrons. The molecule has 0 aromatic heterocycles. The SMILES string of the molecule is CNC[C@H](O)CN1CCCC1. The van der Waals surface area contributed by atoms with Gasteiger partial charge in [-0.05, 0) is 33.0 Å². The monoisotopic (exact) mass is 158 g/mol. The van der Waals surface area contributed by atoms with Gasteiger partial charge in [0, 0.05) is 13.1 Å². The number of nitrogens with one attached hydrogen (secondary N) is 1. The molecule has 11 heavy (non-hydrogen) atoms. The second-order valence-electron chi connectivity index (χ2n) is 3.22. The van der Waals surface area contributed by atoms with Gasteiger partial charge in [0.05, 0.1) is 6.10 Å². The molecular weight excluding hydrogens is 140 g/mol. The van der Waals surface area contributed by atoms with Crippen molar-refractivity contribution in [2.45, 2.75) is 18.9 Å². The van der Waals surface area contributed by atoms with Crippen LogP contribution in [0.2, 0.25) is 0 Å². The smallest absolute Gasteiger partial charge is 0.0791 e. The topological polar surface area (TPSA) is 35.5 Å². The second-order valence-corrected chi connectivity index (χ2v) is 3.22. The predicted molar refractivity (Wildman–Crippen MR) is 45.6 cm³/mol. The molecule has 0 aliphatic carbocycles. The predicted octanol–water partition coefficient (Wildman–Crippen LogP) is -0.338. The lowest BCUT2D eigenvalue weighted by Gasteiger charge is -2.18. The molecule has 0 aromatic carbocycles. The number of likely N-dealkylation sites (N-methyl/N-ethyl adjacent to an activating group) is 1. The molecule has 0 amide bonds. The average molecular weight is 158 g/mol. The normalized spacial score (nSPS) is 22.4. The van der Waals surface area contributed by atoms with E-state index in [1.165, 1.54) is 25.9 Å². The van der Waals surface area contributed by atoms with E-state index in [1.54, 1.807) is 0 Å². The van der Waals surface area contributed by atoms with Crippen LogP contribution in [0.5, 0.6) is 0 Å². The quantitative estimate of drug-likeness (QED) is 0.587. The Balaban J connectivity index is 2.08. The highest BCUT2D eigenvalue weighted by Gasteiger charge is 2.14.